The maximum absolute atomic E-state index is 12.9. The summed E-state index contributed by atoms with van der Waals surface area (Å²) >= 11 is 0. The Hall–Kier alpha value is -2.81. The van der Waals surface area contributed by atoms with Crippen molar-refractivity contribution < 1.29 is 18.7 Å². The summed E-state index contributed by atoms with van der Waals surface area (Å²) in [6.45, 7) is 0.424. The van der Waals surface area contributed by atoms with E-state index in [0.717, 1.165) is 6.42 Å². The Bertz CT molecular complexity index is 720. The molecule has 1 aliphatic heterocycles. The van der Waals surface area contributed by atoms with Crippen LogP contribution in [0.1, 0.15) is 18.7 Å². The molecule has 8 nitrogen and oxygen atoms in total. The summed E-state index contributed by atoms with van der Waals surface area (Å²) in [5.41, 5.74) is 6.23. The Kier molecular flexibility index (Phi) is 4.80. The van der Waals surface area contributed by atoms with Gasteiger partial charge in [0.15, 0.2) is 18.5 Å². The van der Waals surface area contributed by atoms with Crippen molar-refractivity contribution in [2.75, 3.05) is 17.7 Å². The predicted molar refractivity (Wildman–Crippen MR) is 82.7 cm³/mol. The van der Waals surface area contributed by atoms with Crippen molar-refractivity contribution in [3.63, 3.8) is 0 Å². The fraction of sp³-hybridized carbons (Fsp3) is 0.333. The van der Waals surface area contributed by atoms with Crippen molar-refractivity contribution in [3.8, 4) is 0 Å². The zero-order valence-electron chi connectivity index (χ0n) is 12.7. The van der Waals surface area contributed by atoms with Gasteiger partial charge in [0.05, 0.1) is 0 Å². The van der Waals surface area contributed by atoms with Gasteiger partial charge in [-0.1, -0.05) is 0 Å². The number of carbonyl (C=O) groups excluding carboxylic acids is 1. The van der Waals surface area contributed by atoms with Gasteiger partial charge in [-0.2, -0.15) is 15.0 Å². The van der Waals surface area contributed by atoms with E-state index in [1.54, 1.807) is 0 Å². The van der Waals surface area contributed by atoms with Crippen LogP contribution in [0.15, 0.2) is 24.3 Å². The largest absolute Gasteiger partial charge is 0.456 e. The second-order valence-electron chi connectivity index (χ2n) is 5.17. The summed E-state index contributed by atoms with van der Waals surface area (Å²) in [6.07, 6.45) is 0.959. The van der Waals surface area contributed by atoms with E-state index in [4.69, 9.17) is 15.2 Å². The molecule has 2 heterocycles. The Morgan fingerprint density at radius 1 is 1.33 bits per heavy atom. The van der Waals surface area contributed by atoms with Crippen LogP contribution in [0.2, 0.25) is 0 Å². The molecular formula is C15H16FN5O3. The van der Waals surface area contributed by atoms with Crippen LogP contribution < -0.4 is 11.1 Å². The van der Waals surface area contributed by atoms with E-state index in [2.05, 4.69) is 20.3 Å². The van der Waals surface area contributed by atoms with Crippen LogP contribution in [0.25, 0.3) is 0 Å². The van der Waals surface area contributed by atoms with Crippen molar-refractivity contribution in [2.45, 2.75) is 25.6 Å². The van der Waals surface area contributed by atoms with Crippen molar-refractivity contribution in [1.82, 2.24) is 15.0 Å². The molecule has 1 fully saturated rings. The van der Waals surface area contributed by atoms with Gasteiger partial charge in [-0.05, 0) is 37.1 Å². The summed E-state index contributed by atoms with van der Waals surface area (Å²) in [6, 6.07) is 5.67. The molecule has 1 atom stereocenters. The van der Waals surface area contributed by atoms with Gasteiger partial charge in [0.2, 0.25) is 11.9 Å². The third-order valence-corrected chi connectivity index (χ3v) is 3.34. The minimum Gasteiger partial charge on any atom is -0.456 e. The number of benzene rings is 1. The first-order chi connectivity index (χ1) is 11.6. The van der Waals surface area contributed by atoms with Crippen LogP contribution in [0, 0.1) is 5.82 Å². The molecule has 0 spiro atoms. The van der Waals surface area contributed by atoms with Gasteiger partial charge in [0, 0.05) is 12.3 Å². The molecule has 0 saturated carbocycles. The second-order valence-corrected chi connectivity index (χ2v) is 5.17. The lowest BCUT2D eigenvalue weighted by Gasteiger charge is -2.10. The number of hydrogen-bond acceptors (Lipinski definition) is 8. The summed E-state index contributed by atoms with van der Waals surface area (Å²) in [4.78, 5) is 23.8. The van der Waals surface area contributed by atoms with Crippen molar-refractivity contribution in [3.05, 3.63) is 35.9 Å². The number of rotatable bonds is 5. The van der Waals surface area contributed by atoms with Crippen LogP contribution in [0.5, 0.6) is 0 Å². The Labute approximate surface area is 137 Å². The number of halogens is 1. The zero-order chi connectivity index (χ0) is 16.9. The van der Waals surface area contributed by atoms with E-state index >= 15 is 0 Å². The molecule has 3 N–H and O–H groups in total. The number of esters is 1. The molecule has 24 heavy (non-hydrogen) atoms. The van der Waals surface area contributed by atoms with Gasteiger partial charge in [-0.25, -0.2) is 9.18 Å². The lowest BCUT2D eigenvalue weighted by Crippen LogP contribution is -2.22. The summed E-state index contributed by atoms with van der Waals surface area (Å²) in [5.74, 6) is -0.425. The number of nitrogens with zero attached hydrogens (tertiary/aromatic N) is 3. The summed E-state index contributed by atoms with van der Waals surface area (Å²) < 4.78 is 23.3. The minimum atomic E-state index is -0.527. The number of nitrogens with one attached hydrogen (secondary N) is 1. The van der Waals surface area contributed by atoms with E-state index in [1.165, 1.54) is 24.3 Å². The molecule has 126 valence electrons. The molecule has 0 aliphatic carbocycles. The van der Waals surface area contributed by atoms with Crippen LogP contribution in [-0.2, 0) is 20.9 Å². The average Bonchev–Trinajstić information content (AvgIpc) is 3.09. The van der Waals surface area contributed by atoms with Crippen LogP contribution >= 0.6 is 0 Å². The monoisotopic (exact) mass is 333 g/mol. The standard InChI is InChI=1S/C15H16FN5O3/c16-9-3-5-10(6-4-9)18-15-20-12(19-14(17)21-15)8-24-13(22)11-2-1-7-23-11/h3-6,11H,1-2,7-8H2,(H3,17,18,19,20,21)/t11-/m1/s1. The lowest BCUT2D eigenvalue weighted by atomic mass is 10.2. The van der Waals surface area contributed by atoms with Crippen LogP contribution in [0.4, 0.5) is 22.0 Å². The SMILES string of the molecule is Nc1nc(COC(=O)[C@H]2CCCO2)nc(Nc2ccc(F)cc2)n1. The first kappa shape index (κ1) is 16.1. The fourth-order valence-electron chi connectivity index (χ4n) is 2.21. The molecule has 0 unspecified atom stereocenters. The van der Waals surface area contributed by atoms with Crippen molar-refractivity contribution >= 4 is 23.6 Å². The van der Waals surface area contributed by atoms with E-state index in [1.807, 2.05) is 0 Å². The number of hydrogen-bond donors (Lipinski definition) is 2. The normalized spacial score (nSPS) is 16.8. The molecule has 2 aromatic rings. The van der Waals surface area contributed by atoms with Gasteiger partial charge in [-0.15, -0.1) is 0 Å². The summed E-state index contributed by atoms with van der Waals surface area (Å²) in [7, 11) is 0. The van der Waals surface area contributed by atoms with Crippen LogP contribution in [-0.4, -0.2) is 33.6 Å². The number of nitrogen functional groups attached to an aromatic ring is 1. The predicted octanol–water partition coefficient (Wildman–Crippen LogP) is 1.56. The number of nitrogens with two attached hydrogens (primary N) is 1. The molecule has 3 rings (SSSR count). The first-order valence-electron chi connectivity index (χ1n) is 7.41. The molecule has 0 bridgehead atoms. The summed E-state index contributed by atoms with van der Waals surface area (Å²) in [5, 5.41) is 2.88. The number of ether oxygens (including phenoxy) is 2. The molecular weight excluding hydrogens is 317 g/mol. The quantitative estimate of drug-likeness (QED) is 0.793. The lowest BCUT2D eigenvalue weighted by molar-refractivity contribution is -0.155. The molecule has 0 radical (unpaired) electrons. The smallest absolute Gasteiger partial charge is 0.335 e. The topological polar surface area (TPSA) is 112 Å². The Morgan fingerprint density at radius 2 is 2.12 bits per heavy atom. The average molecular weight is 333 g/mol. The van der Waals surface area contributed by atoms with E-state index < -0.39 is 12.1 Å². The number of aromatic nitrogens is 3. The fourth-order valence-corrected chi connectivity index (χ4v) is 2.21. The third-order valence-electron chi connectivity index (χ3n) is 3.34. The molecule has 1 saturated heterocycles. The maximum Gasteiger partial charge on any atom is 0.335 e. The number of anilines is 3. The minimum absolute atomic E-state index is 0.0159. The van der Waals surface area contributed by atoms with Crippen molar-refractivity contribution in [2.24, 2.45) is 0 Å². The van der Waals surface area contributed by atoms with Gasteiger partial charge in [0.25, 0.3) is 0 Å². The van der Waals surface area contributed by atoms with E-state index in [-0.39, 0.29) is 30.1 Å². The Morgan fingerprint density at radius 3 is 2.83 bits per heavy atom. The molecule has 1 aromatic carbocycles. The van der Waals surface area contributed by atoms with Crippen molar-refractivity contribution in [1.29, 1.82) is 0 Å². The van der Waals surface area contributed by atoms with Gasteiger partial charge >= 0.3 is 5.97 Å². The van der Waals surface area contributed by atoms with Gasteiger partial charge < -0.3 is 20.5 Å². The van der Waals surface area contributed by atoms with E-state index in [9.17, 15) is 9.18 Å². The highest BCUT2D eigenvalue weighted by molar-refractivity contribution is 5.74. The highest BCUT2D eigenvalue weighted by Crippen LogP contribution is 2.16. The third kappa shape index (κ3) is 4.13. The van der Waals surface area contributed by atoms with Gasteiger partial charge in [-0.3, -0.25) is 0 Å². The second kappa shape index (κ2) is 7.18. The highest BCUT2D eigenvalue weighted by Gasteiger charge is 2.25. The highest BCUT2D eigenvalue weighted by atomic mass is 19.1. The maximum atomic E-state index is 12.9. The molecule has 1 aromatic heterocycles. The number of carbonyl (C=O) groups is 1. The molecule has 1 aliphatic rings. The molecule has 9 heteroatoms. The van der Waals surface area contributed by atoms with Crippen LogP contribution in [0.3, 0.4) is 0 Å². The van der Waals surface area contributed by atoms with Gasteiger partial charge in [0.1, 0.15) is 5.82 Å². The first-order valence-corrected chi connectivity index (χ1v) is 7.41. The van der Waals surface area contributed by atoms with E-state index in [0.29, 0.717) is 18.7 Å². The molecule has 0 amide bonds. The zero-order valence-corrected chi connectivity index (χ0v) is 12.7. The Balaban J connectivity index is 1.64.